The number of nitrogen functional groups attached to an aromatic ring is 1. The van der Waals surface area contributed by atoms with Crippen molar-refractivity contribution in [2.24, 2.45) is 0 Å². The highest BCUT2D eigenvalue weighted by molar-refractivity contribution is 5.62. The summed E-state index contributed by atoms with van der Waals surface area (Å²) in [6, 6.07) is 4.50. The fourth-order valence-corrected chi connectivity index (χ4v) is 2.03. The molecule has 0 unspecified atom stereocenters. The van der Waals surface area contributed by atoms with Crippen LogP contribution in [0.2, 0.25) is 0 Å². The number of nitrogens with two attached hydrogens (primary N) is 1. The molecule has 0 spiro atoms. The SMILES string of the molecule is CCN(CC)c1nc(N)nc(-c2ccc(F)cc2C)n1. The van der Waals surface area contributed by atoms with E-state index < -0.39 is 0 Å². The molecule has 2 rings (SSSR count). The molecule has 106 valence electrons. The monoisotopic (exact) mass is 275 g/mol. The van der Waals surface area contributed by atoms with Gasteiger partial charge in [0.2, 0.25) is 11.9 Å². The third-order valence-corrected chi connectivity index (χ3v) is 3.12. The van der Waals surface area contributed by atoms with Crippen LogP contribution in [0, 0.1) is 12.7 Å². The van der Waals surface area contributed by atoms with Crippen LogP contribution in [0.1, 0.15) is 19.4 Å². The molecule has 0 fully saturated rings. The average molecular weight is 275 g/mol. The van der Waals surface area contributed by atoms with Crippen molar-refractivity contribution >= 4 is 11.9 Å². The Morgan fingerprint density at radius 2 is 1.85 bits per heavy atom. The molecule has 5 nitrogen and oxygen atoms in total. The van der Waals surface area contributed by atoms with Gasteiger partial charge in [-0.25, -0.2) is 4.39 Å². The minimum absolute atomic E-state index is 0.167. The maximum absolute atomic E-state index is 13.2. The van der Waals surface area contributed by atoms with Crippen LogP contribution in [-0.4, -0.2) is 28.0 Å². The first kappa shape index (κ1) is 14.2. The molecule has 6 heteroatoms. The van der Waals surface area contributed by atoms with Crippen molar-refractivity contribution in [3.05, 3.63) is 29.6 Å². The van der Waals surface area contributed by atoms with Crippen LogP contribution < -0.4 is 10.6 Å². The number of anilines is 2. The molecule has 1 heterocycles. The maximum atomic E-state index is 13.2. The third-order valence-electron chi connectivity index (χ3n) is 3.12. The molecule has 2 N–H and O–H groups in total. The quantitative estimate of drug-likeness (QED) is 0.928. The fraction of sp³-hybridized carbons (Fsp3) is 0.357. The van der Waals surface area contributed by atoms with Crippen LogP contribution in [-0.2, 0) is 0 Å². The van der Waals surface area contributed by atoms with E-state index >= 15 is 0 Å². The van der Waals surface area contributed by atoms with E-state index in [1.807, 2.05) is 25.7 Å². The van der Waals surface area contributed by atoms with E-state index in [1.165, 1.54) is 12.1 Å². The zero-order valence-corrected chi connectivity index (χ0v) is 11.9. The molecule has 1 aromatic heterocycles. The Hall–Kier alpha value is -2.24. The first-order valence-electron chi connectivity index (χ1n) is 6.58. The lowest BCUT2D eigenvalue weighted by Gasteiger charge is -2.19. The van der Waals surface area contributed by atoms with Gasteiger partial charge in [0, 0.05) is 18.7 Å². The van der Waals surface area contributed by atoms with Gasteiger partial charge in [0.1, 0.15) is 5.82 Å². The van der Waals surface area contributed by atoms with Crippen LogP contribution in [0.3, 0.4) is 0 Å². The largest absolute Gasteiger partial charge is 0.368 e. The standard InChI is InChI=1S/C14H18FN5/c1-4-20(5-2)14-18-12(17-13(16)19-14)11-7-6-10(15)8-9(11)3/h6-8H,4-5H2,1-3H3,(H2,16,17,18,19). The second-order valence-corrected chi connectivity index (χ2v) is 4.45. The van der Waals surface area contributed by atoms with Crippen molar-refractivity contribution in [1.82, 2.24) is 15.0 Å². The molecule has 2 aromatic rings. The summed E-state index contributed by atoms with van der Waals surface area (Å²) in [7, 11) is 0. The van der Waals surface area contributed by atoms with Crippen LogP contribution in [0.5, 0.6) is 0 Å². The Labute approximate surface area is 117 Å². The van der Waals surface area contributed by atoms with Gasteiger partial charge in [0.05, 0.1) is 0 Å². The van der Waals surface area contributed by atoms with E-state index in [9.17, 15) is 4.39 Å². The molecule has 0 saturated carbocycles. The fourth-order valence-electron chi connectivity index (χ4n) is 2.03. The van der Waals surface area contributed by atoms with E-state index in [4.69, 9.17) is 5.73 Å². The van der Waals surface area contributed by atoms with Gasteiger partial charge in [0.25, 0.3) is 0 Å². The lowest BCUT2D eigenvalue weighted by Crippen LogP contribution is -2.25. The lowest BCUT2D eigenvalue weighted by atomic mass is 10.1. The predicted molar refractivity (Wildman–Crippen MR) is 77.9 cm³/mol. The van der Waals surface area contributed by atoms with Crippen LogP contribution in [0.4, 0.5) is 16.3 Å². The molecule has 0 atom stereocenters. The summed E-state index contributed by atoms with van der Waals surface area (Å²) in [6.07, 6.45) is 0. The number of aryl methyl sites for hydroxylation is 1. The summed E-state index contributed by atoms with van der Waals surface area (Å²) < 4.78 is 13.2. The minimum atomic E-state index is -0.280. The lowest BCUT2D eigenvalue weighted by molar-refractivity contribution is 0.627. The van der Waals surface area contributed by atoms with Gasteiger partial charge in [-0.05, 0) is 44.5 Å². The Morgan fingerprint density at radius 3 is 2.45 bits per heavy atom. The average Bonchev–Trinajstić information content (AvgIpc) is 2.39. The van der Waals surface area contributed by atoms with Gasteiger partial charge in [-0.15, -0.1) is 0 Å². The van der Waals surface area contributed by atoms with Crippen molar-refractivity contribution < 1.29 is 4.39 Å². The van der Waals surface area contributed by atoms with E-state index in [0.29, 0.717) is 11.8 Å². The first-order chi connectivity index (χ1) is 9.55. The highest BCUT2D eigenvalue weighted by Gasteiger charge is 2.12. The number of nitrogens with zero attached hydrogens (tertiary/aromatic N) is 4. The van der Waals surface area contributed by atoms with Gasteiger partial charge < -0.3 is 10.6 Å². The van der Waals surface area contributed by atoms with Gasteiger partial charge in [0.15, 0.2) is 5.82 Å². The summed E-state index contributed by atoms with van der Waals surface area (Å²) in [5.41, 5.74) is 7.28. The van der Waals surface area contributed by atoms with Gasteiger partial charge in [-0.3, -0.25) is 0 Å². The van der Waals surface area contributed by atoms with Crippen molar-refractivity contribution in [3.8, 4) is 11.4 Å². The molecular formula is C14H18FN5. The summed E-state index contributed by atoms with van der Waals surface area (Å²) in [5, 5.41) is 0. The minimum Gasteiger partial charge on any atom is -0.368 e. The molecule has 0 bridgehead atoms. The predicted octanol–water partition coefficient (Wildman–Crippen LogP) is 2.41. The Balaban J connectivity index is 2.51. The summed E-state index contributed by atoms with van der Waals surface area (Å²) in [5.74, 6) is 0.899. The van der Waals surface area contributed by atoms with Gasteiger partial charge in [-0.1, -0.05) is 0 Å². The molecule has 0 saturated heterocycles. The van der Waals surface area contributed by atoms with E-state index in [2.05, 4.69) is 15.0 Å². The van der Waals surface area contributed by atoms with E-state index in [-0.39, 0.29) is 11.8 Å². The second kappa shape index (κ2) is 5.81. The molecule has 0 amide bonds. The molecule has 0 aliphatic rings. The first-order valence-corrected chi connectivity index (χ1v) is 6.58. The summed E-state index contributed by atoms with van der Waals surface area (Å²) in [4.78, 5) is 14.7. The Kier molecular flexibility index (Phi) is 4.12. The molecule has 0 aliphatic heterocycles. The van der Waals surface area contributed by atoms with Crippen molar-refractivity contribution in [2.45, 2.75) is 20.8 Å². The van der Waals surface area contributed by atoms with Crippen LogP contribution in [0.25, 0.3) is 11.4 Å². The number of aromatic nitrogens is 3. The summed E-state index contributed by atoms with van der Waals surface area (Å²) in [6.45, 7) is 7.41. The van der Waals surface area contributed by atoms with Crippen LogP contribution >= 0.6 is 0 Å². The number of benzene rings is 1. The zero-order valence-electron chi connectivity index (χ0n) is 11.9. The van der Waals surface area contributed by atoms with Crippen molar-refractivity contribution in [3.63, 3.8) is 0 Å². The Morgan fingerprint density at radius 1 is 1.15 bits per heavy atom. The topological polar surface area (TPSA) is 67.9 Å². The highest BCUT2D eigenvalue weighted by Crippen LogP contribution is 2.22. The normalized spacial score (nSPS) is 10.6. The van der Waals surface area contributed by atoms with Crippen molar-refractivity contribution in [1.29, 1.82) is 0 Å². The Bertz CT molecular complexity index is 611. The molecule has 1 aromatic carbocycles. The summed E-state index contributed by atoms with van der Waals surface area (Å²) >= 11 is 0. The third kappa shape index (κ3) is 2.84. The molecular weight excluding hydrogens is 257 g/mol. The molecule has 0 aliphatic carbocycles. The number of hydrogen-bond donors (Lipinski definition) is 1. The van der Waals surface area contributed by atoms with E-state index in [0.717, 1.165) is 24.2 Å². The molecule has 20 heavy (non-hydrogen) atoms. The number of rotatable bonds is 4. The van der Waals surface area contributed by atoms with Crippen LogP contribution in [0.15, 0.2) is 18.2 Å². The molecule has 0 radical (unpaired) electrons. The maximum Gasteiger partial charge on any atom is 0.230 e. The van der Waals surface area contributed by atoms with E-state index in [1.54, 1.807) is 6.07 Å². The van der Waals surface area contributed by atoms with Gasteiger partial charge >= 0.3 is 0 Å². The number of halogens is 1. The second-order valence-electron chi connectivity index (χ2n) is 4.45. The van der Waals surface area contributed by atoms with Crippen molar-refractivity contribution in [2.75, 3.05) is 23.7 Å². The highest BCUT2D eigenvalue weighted by atomic mass is 19.1. The van der Waals surface area contributed by atoms with Gasteiger partial charge in [-0.2, -0.15) is 15.0 Å². The smallest absolute Gasteiger partial charge is 0.230 e. The number of hydrogen-bond acceptors (Lipinski definition) is 5. The zero-order chi connectivity index (χ0) is 14.7.